The number of aromatic carboxylic acids is 1. The highest BCUT2D eigenvalue weighted by atomic mass is 32.1. The van der Waals surface area contributed by atoms with Crippen LogP contribution in [0.5, 0.6) is 0 Å². The van der Waals surface area contributed by atoms with Crippen molar-refractivity contribution < 1.29 is 23.8 Å². The van der Waals surface area contributed by atoms with Gasteiger partial charge in [-0.2, -0.15) is 0 Å². The number of carboxylic acids is 1. The third kappa shape index (κ3) is 3.38. The van der Waals surface area contributed by atoms with Crippen LogP contribution in [0.1, 0.15) is 44.8 Å². The molecule has 2 N–H and O–H groups in total. The number of thiazole rings is 1. The molecule has 1 saturated heterocycles. The number of amides is 1. The summed E-state index contributed by atoms with van der Waals surface area (Å²) in [6.45, 7) is 0.680. The normalized spacial score (nSPS) is 17.2. The number of hydrogen-bond acceptors (Lipinski definition) is 5. The molecule has 2 aromatic rings. The summed E-state index contributed by atoms with van der Waals surface area (Å²) in [7, 11) is 0. The lowest BCUT2D eigenvalue weighted by Gasteiger charge is -2.06. The smallest absolute Gasteiger partial charge is 0.335 e. The largest absolute Gasteiger partial charge is 0.478 e. The lowest BCUT2D eigenvalue weighted by atomic mass is 10.2. The zero-order chi connectivity index (χ0) is 16.4. The molecule has 0 bridgehead atoms. The summed E-state index contributed by atoms with van der Waals surface area (Å²) < 4.78 is 19.2. The lowest BCUT2D eigenvalue weighted by molar-refractivity contribution is 0.0696. The molecule has 23 heavy (non-hydrogen) atoms. The average molecular weight is 336 g/mol. The summed E-state index contributed by atoms with van der Waals surface area (Å²) in [5.41, 5.74) is -0.151. The number of carbonyl (C=O) groups is 2. The van der Waals surface area contributed by atoms with Gasteiger partial charge in [0.15, 0.2) is 0 Å². The molecule has 1 aliphatic rings. The van der Waals surface area contributed by atoms with Crippen LogP contribution in [0, 0.1) is 5.82 Å². The first-order chi connectivity index (χ1) is 11.0. The highest BCUT2D eigenvalue weighted by Gasteiger charge is 2.22. The van der Waals surface area contributed by atoms with Crippen molar-refractivity contribution >= 4 is 28.9 Å². The van der Waals surface area contributed by atoms with Crippen LogP contribution >= 0.6 is 11.3 Å². The van der Waals surface area contributed by atoms with Gasteiger partial charge in [0.2, 0.25) is 0 Å². The number of anilines is 1. The van der Waals surface area contributed by atoms with Gasteiger partial charge in [-0.05, 0) is 31.0 Å². The maximum absolute atomic E-state index is 13.7. The second-order valence-corrected chi connectivity index (χ2v) is 5.92. The minimum absolute atomic E-state index is 0.0892. The zero-order valence-electron chi connectivity index (χ0n) is 11.9. The molecule has 1 amide bonds. The number of benzene rings is 1. The van der Waals surface area contributed by atoms with Gasteiger partial charge in [-0.1, -0.05) is 0 Å². The molecule has 3 rings (SSSR count). The van der Waals surface area contributed by atoms with Crippen LogP contribution in [0.3, 0.4) is 0 Å². The van der Waals surface area contributed by atoms with Gasteiger partial charge in [-0.15, -0.1) is 11.3 Å². The van der Waals surface area contributed by atoms with Crippen molar-refractivity contribution in [1.82, 2.24) is 4.98 Å². The minimum Gasteiger partial charge on any atom is -0.478 e. The predicted molar refractivity (Wildman–Crippen MR) is 81.4 cm³/mol. The Morgan fingerprint density at radius 1 is 1.43 bits per heavy atom. The number of ether oxygens (including phenoxy) is 1. The molecule has 0 saturated carbocycles. The van der Waals surface area contributed by atoms with Gasteiger partial charge in [0.25, 0.3) is 5.91 Å². The first-order valence-electron chi connectivity index (χ1n) is 6.96. The van der Waals surface area contributed by atoms with E-state index in [4.69, 9.17) is 9.84 Å². The quantitative estimate of drug-likeness (QED) is 0.896. The molecular weight excluding hydrogens is 323 g/mol. The van der Waals surface area contributed by atoms with E-state index in [9.17, 15) is 14.0 Å². The van der Waals surface area contributed by atoms with Gasteiger partial charge in [-0.25, -0.2) is 14.2 Å². The van der Waals surface area contributed by atoms with Crippen LogP contribution in [0.25, 0.3) is 0 Å². The Labute approximate surface area is 134 Å². The maximum Gasteiger partial charge on any atom is 0.335 e. The summed E-state index contributed by atoms with van der Waals surface area (Å²) in [6, 6.07) is 3.20. The van der Waals surface area contributed by atoms with E-state index < -0.39 is 17.7 Å². The number of halogens is 1. The van der Waals surface area contributed by atoms with E-state index in [0.29, 0.717) is 11.6 Å². The molecule has 0 radical (unpaired) electrons. The molecule has 0 spiro atoms. The molecule has 1 aliphatic heterocycles. The molecule has 0 unspecified atom stereocenters. The van der Waals surface area contributed by atoms with Gasteiger partial charge in [0.1, 0.15) is 22.6 Å². The van der Waals surface area contributed by atoms with Crippen molar-refractivity contribution in [3.05, 3.63) is 45.7 Å². The third-order valence-corrected chi connectivity index (χ3v) is 4.36. The average Bonchev–Trinajstić information content (AvgIpc) is 3.20. The van der Waals surface area contributed by atoms with E-state index in [1.165, 1.54) is 11.3 Å². The molecule has 8 heteroatoms. The second kappa shape index (κ2) is 6.43. The molecule has 2 heterocycles. The topological polar surface area (TPSA) is 88.5 Å². The Bertz CT molecular complexity index is 756. The van der Waals surface area contributed by atoms with Gasteiger partial charge in [-0.3, -0.25) is 4.79 Å². The van der Waals surface area contributed by atoms with Crippen LogP contribution in [0.4, 0.5) is 10.1 Å². The van der Waals surface area contributed by atoms with Crippen LogP contribution in [0.15, 0.2) is 23.6 Å². The Balaban J connectivity index is 1.76. The highest BCUT2D eigenvalue weighted by Crippen LogP contribution is 2.30. The zero-order valence-corrected chi connectivity index (χ0v) is 12.7. The number of nitrogens with zero attached hydrogens (tertiary/aromatic N) is 1. The molecule has 120 valence electrons. The number of hydrogen-bond donors (Lipinski definition) is 2. The summed E-state index contributed by atoms with van der Waals surface area (Å²) in [4.78, 5) is 27.3. The molecule has 1 aromatic carbocycles. The Morgan fingerprint density at radius 2 is 2.26 bits per heavy atom. The van der Waals surface area contributed by atoms with Gasteiger partial charge >= 0.3 is 5.97 Å². The van der Waals surface area contributed by atoms with Crippen LogP contribution < -0.4 is 5.32 Å². The summed E-state index contributed by atoms with van der Waals surface area (Å²) in [5.74, 6) is -2.50. The summed E-state index contributed by atoms with van der Waals surface area (Å²) in [6.07, 6.45) is 1.73. The van der Waals surface area contributed by atoms with Crippen molar-refractivity contribution in [2.75, 3.05) is 11.9 Å². The van der Waals surface area contributed by atoms with Gasteiger partial charge in [0.05, 0.1) is 11.3 Å². The molecule has 6 nitrogen and oxygen atoms in total. The van der Waals surface area contributed by atoms with E-state index in [-0.39, 0.29) is 23.0 Å². The minimum atomic E-state index is -1.20. The first-order valence-corrected chi connectivity index (χ1v) is 7.84. The van der Waals surface area contributed by atoms with E-state index in [2.05, 4.69) is 10.3 Å². The fourth-order valence-corrected chi connectivity index (χ4v) is 3.13. The lowest BCUT2D eigenvalue weighted by Crippen LogP contribution is -2.14. The number of carboxylic acid groups (broad SMARTS) is 1. The van der Waals surface area contributed by atoms with Crippen LogP contribution in [-0.2, 0) is 4.74 Å². The highest BCUT2D eigenvalue weighted by molar-refractivity contribution is 7.09. The van der Waals surface area contributed by atoms with Crippen molar-refractivity contribution in [1.29, 1.82) is 0 Å². The van der Waals surface area contributed by atoms with E-state index in [0.717, 1.165) is 31.0 Å². The third-order valence-electron chi connectivity index (χ3n) is 3.42. The fourth-order valence-electron chi connectivity index (χ4n) is 2.25. The summed E-state index contributed by atoms with van der Waals surface area (Å²) >= 11 is 1.31. The van der Waals surface area contributed by atoms with E-state index in [1.807, 2.05) is 0 Å². The molecular formula is C15H13FN2O4S. The number of carbonyl (C=O) groups excluding carboxylic acids is 1. The molecule has 1 fully saturated rings. The van der Waals surface area contributed by atoms with Gasteiger partial charge in [0, 0.05) is 12.0 Å². The summed E-state index contributed by atoms with van der Waals surface area (Å²) in [5, 5.41) is 13.6. The molecule has 1 atom stereocenters. The van der Waals surface area contributed by atoms with Crippen molar-refractivity contribution in [2.24, 2.45) is 0 Å². The van der Waals surface area contributed by atoms with Crippen molar-refractivity contribution in [2.45, 2.75) is 18.9 Å². The second-order valence-electron chi connectivity index (χ2n) is 5.03. The number of nitrogens with one attached hydrogen (secondary N) is 1. The van der Waals surface area contributed by atoms with Crippen LogP contribution in [0.2, 0.25) is 0 Å². The maximum atomic E-state index is 13.7. The standard InChI is InChI=1S/C15H13FN2O4S/c16-9-4-3-8(15(20)21)6-10(9)17-13(19)11-7-23-14(18-11)12-2-1-5-22-12/h3-4,6-7,12H,1-2,5H2,(H,17,19)(H,20,21)/t12-/m1/s1. The van der Waals surface area contributed by atoms with Crippen molar-refractivity contribution in [3.8, 4) is 0 Å². The van der Waals surface area contributed by atoms with Crippen LogP contribution in [-0.4, -0.2) is 28.6 Å². The Kier molecular flexibility index (Phi) is 4.35. The Morgan fingerprint density at radius 3 is 2.96 bits per heavy atom. The monoisotopic (exact) mass is 336 g/mol. The Hall–Kier alpha value is -2.32. The molecule has 1 aromatic heterocycles. The van der Waals surface area contributed by atoms with Crippen molar-refractivity contribution in [3.63, 3.8) is 0 Å². The SMILES string of the molecule is O=C(O)c1ccc(F)c(NC(=O)c2csc([C@H]3CCCO3)n2)c1. The predicted octanol–water partition coefficient (Wildman–Crippen LogP) is 3.08. The van der Waals surface area contributed by atoms with E-state index >= 15 is 0 Å². The number of aromatic nitrogens is 1. The molecule has 0 aliphatic carbocycles. The number of rotatable bonds is 4. The van der Waals surface area contributed by atoms with Gasteiger partial charge < -0.3 is 15.2 Å². The first kappa shape index (κ1) is 15.6. The van der Waals surface area contributed by atoms with E-state index in [1.54, 1.807) is 5.38 Å². The fraction of sp³-hybridized carbons (Fsp3) is 0.267.